The lowest BCUT2D eigenvalue weighted by Gasteiger charge is -2.36. The maximum atomic E-state index is 14.3. The standard InChI is InChI=1S/C63H84N10O6S/c1-41(64-3)57(74)68-51-25-13-11-23-49-35-37-53(72(49)61(51)78)59(76)70-55(45-19-7-5-8-20-45)47-31-27-43(28-32-47)17-15-39-66-63(80)67-40-16-18-44-29-33-48(34-30-44)56(46-21-9-6-10-22-46)71-60(77)54-38-36-50-24-12-14-26-52(62(79)73(50)54)69-58(75)42(2)65-4/h5-10,19-22,27-34,41-42,49-56,64-65H,11-18,23-26,35-40H2,1-4H3,(H,68,74)(H,69,75)(H,70,76)(H,71,77)(H2,66,67,80)/t41-,42+,49-,50-,51-,52-,53-,54-,55-,56-/m0/s1. The number of hydrogen-bond donors (Lipinski definition) is 8. The van der Waals surface area contributed by atoms with Crippen LogP contribution >= 0.6 is 12.2 Å². The molecular formula is C63H84N10O6S. The van der Waals surface area contributed by atoms with E-state index in [9.17, 15) is 28.8 Å². The Kier molecular flexibility index (Phi) is 21.7. The molecule has 0 radical (unpaired) electrons. The number of amides is 6. The highest BCUT2D eigenvalue weighted by atomic mass is 32.1. The number of carbonyl (C=O) groups is 6. The number of carbonyl (C=O) groups excluding carboxylic acids is 6. The molecule has 0 aromatic heterocycles. The number of thiocarbonyl (C=S) groups is 1. The largest absolute Gasteiger partial charge is 0.363 e. The van der Waals surface area contributed by atoms with E-state index in [1.807, 2.05) is 60.7 Å². The molecule has 4 saturated heterocycles. The fourth-order valence-electron chi connectivity index (χ4n) is 12.0. The van der Waals surface area contributed by atoms with Crippen LogP contribution in [0.1, 0.15) is 149 Å². The third kappa shape index (κ3) is 15.4. The van der Waals surface area contributed by atoms with Crippen LogP contribution in [0.5, 0.6) is 0 Å². The van der Waals surface area contributed by atoms with Crippen LogP contribution in [0.25, 0.3) is 0 Å². The molecule has 0 aliphatic carbocycles. The Morgan fingerprint density at radius 2 is 0.863 bits per heavy atom. The van der Waals surface area contributed by atoms with Crippen molar-refractivity contribution in [2.75, 3.05) is 27.2 Å². The summed E-state index contributed by atoms with van der Waals surface area (Å²) in [7, 11) is 3.43. The average molecular weight is 1110 g/mol. The fourth-order valence-corrected chi connectivity index (χ4v) is 12.2. The van der Waals surface area contributed by atoms with Gasteiger partial charge in [0, 0.05) is 25.2 Å². The summed E-state index contributed by atoms with van der Waals surface area (Å²) in [5.74, 6) is -1.15. The molecule has 4 aromatic rings. The van der Waals surface area contributed by atoms with Gasteiger partial charge in [0.1, 0.15) is 24.2 Å². The predicted octanol–water partition coefficient (Wildman–Crippen LogP) is 6.18. The SMILES string of the molecule is CN[C@@H](C)C(=O)N[C@H]1CCCC[C@H]2CC[C@@H](C(=O)N[C@@H](c3ccccc3)c3ccc(CCCNC(=S)NCCCc4ccc([C@@H](NC(=O)[C@@H]5CC[C@@H]6CCCC[C@H](NC(=O)[C@@H](C)NC)C(=O)N65)c5ccccc5)cc4)cc3)N2C1=O. The van der Waals surface area contributed by atoms with Crippen LogP contribution in [0.15, 0.2) is 109 Å². The normalized spacial score (nSPS) is 22.6. The van der Waals surface area contributed by atoms with Crippen molar-refractivity contribution in [3.8, 4) is 0 Å². The van der Waals surface area contributed by atoms with E-state index >= 15 is 0 Å². The molecule has 4 aromatic carbocycles. The smallest absolute Gasteiger partial charge is 0.246 e. The van der Waals surface area contributed by atoms with Gasteiger partial charge in [0.05, 0.1) is 24.2 Å². The molecular weight excluding hydrogens is 1020 g/mol. The molecule has 0 spiro atoms. The summed E-state index contributed by atoms with van der Waals surface area (Å²) in [6.07, 6.45) is 12.5. The summed E-state index contributed by atoms with van der Waals surface area (Å²) in [6, 6.07) is 32.3. The molecule has 0 unspecified atom stereocenters. The Hall–Kier alpha value is -6.69. The minimum atomic E-state index is -0.661. The molecule has 8 N–H and O–H groups in total. The summed E-state index contributed by atoms with van der Waals surface area (Å²) in [6.45, 7) is 4.95. The molecule has 0 saturated carbocycles. The zero-order valence-electron chi connectivity index (χ0n) is 47.1. The van der Waals surface area contributed by atoms with E-state index in [4.69, 9.17) is 12.2 Å². The molecule has 4 heterocycles. The van der Waals surface area contributed by atoms with Crippen molar-refractivity contribution in [1.82, 2.24) is 52.3 Å². The molecule has 16 nitrogen and oxygen atoms in total. The van der Waals surface area contributed by atoms with E-state index in [-0.39, 0.29) is 47.5 Å². The lowest BCUT2D eigenvalue weighted by Crippen LogP contribution is -2.58. The number of fused-ring (bicyclic) bond motifs is 2. The number of likely N-dealkylation sites (N-methyl/N-ethyl adjacent to an activating group) is 2. The van der Waals surface area contributed by atoms with E-state index in [1.165, 1.54) is 11.1 Å². The van der Waals surface area contributed by atoms with Crippen molar-refractivity contribution in [2.45, 2.75) is 177 Å². The lowest BCUT2D eigenvalue weighted by molar-refractivity contribution is -0.144. The first kappa shape index (κ1) is 59.4. The second-order valence-electron chi connectivity index (χ2n) is 22.3. The number of nitrogens with one attached hydrogen (secondary N) is 8. The summed E-state index contributed by atoms with van der Waals surface area (Å²) in [4.78, 5) is 86.1. The molecule has 0 bridgehead atoms. The third-order valence-corrected chi connectivity index (χ3v) is 17.2. The Morgan fingerprint density at radius 3 is 1.24 bits per heavy atom. The zero-order chi connectivity index (χ0) is 56.5. The minimum absolute atomic E-state index is 0.0291. The Labute approximate surface area is 478 Å². The quantitative estimate of drug-likeness (QED) is 0.0330. The number of nitrogens with zero attached hydrogens (tertiary/aromatic N) is 2. The summed E-state index contributed by atoms with van der Waals surface area (Å²) >= 11 is 5.65. The molecule has 428 valence electrons. The number of rotatable bonds is 22. The average Bonchev–Trinajstić information content (AvgIpc) is 4.19. The monoisotopic (exact) mass is 1110 g/mol. The van der Waals surface area contributed by atoms with Gasteiger partial charge in [0.15, 0.2) is 5.11 Å². The summed E-state index contributed by atoms with van der Waals surface area (Å²) in [5, 5.41) is 25.8. The van der Waals surface area contributed by atoms with Gasteiger partial charge in [-0.3, -0.25) is 28.8 Å². The number of hydrogen-bond acceptors (Lipinski definition) is 9. The maximum Gasteiger partial charge on any atom is 0.246 e. The van der Waals surface area contributed by atoms with Gasteiger partial charge in [-0.2, -0.15) is 0 Å². The first-order valence-corrected chi connectivity index (χ1v) is 29.7. The van der Waals surface area contributed by atoms with E-state index in [0.717, 1.165) is 99.3 Å². The van der Waals surface area contributed by atoms with Gasteiger partial charge >= 0.3 is 0 Å². The van der Waals surface area contributed by atoms with E-state index in [0.29, 0.717) is 43.9 Å². The molecule has 80 heavy (non-hydrogen) atoms. The Bertz CT molecular complexity index is 2530. The van der Waals surface area contributed by atoms with Crippen LogP contribution < -0.4 is 42.5 Å². The number of benzene rings is 4. The van der Waals surface area contributed by atoms with Crippen LogP contribution in [-0.4, -0.2) is 126 Å². The van der Waals surface area contributed by atoms with Crippen molar-refractivity contribution < 1.29 is 28.8 Å². The highest BCUT2D eigenvalue weighted by molar-refractivity contribution is 7.80. The van der Waals surface area contributed by atoms with Gasteiger partial charge in [0.2, 0.25) is 35.4 Å². The maximum absolute atomic E-state index is 14.3. The molecule has 10 atom stereocenters. The van der Waals surface area contributed by atoms with Gasteiger partial charge < -0.3 is 52.3 Å². The van der Waals surface area contributed by atoms with Crippen LogP contribution in [0.2, 0.25) is 0 Å². The molecule has 4 fully saturated rings. The summed E-state index contributed by atoms with van der Waals surface area (Å²) < 4.78 is 0. The number of aryl methyl sites for hydroxylation is 2. The van der Waals surface area contributed by atoms with Crippen LogP contribution in [0.3, 0.4) is 0 Å². The van der Waals surface area contributed by atoms with E-state index in [1.54, 1.807) is 37.7 Å². The fraction of sp³-hybridized carbons (Fsp3) is 0.508. The highest BCUT2D eigenvalue weighted by Gasteiger charge is 2.46. The highest BCUT2D eigenvalue weighted by Crippen LogP contribution is 2.35. The molecule has 4 aliphatic rings. The van der Waals surface area contributed by atoms with Crippen LogP contribution in [-0.2, 0) is 41.6 Å². The van der Waals surface area contributed by atoms with E-state index in [2.05, 4.69) is 91.1 Å². The van der Waals surface area contributed by atoms with Crippen molar-refractivity contribution in [3.05, 3.63) is 143 Å². The zero-order valence-corrected chi connectivity index (χ0v) is 48.0. The summed E-state index contributed by atoms with van der Waals surface area (Å²) in [5.41, 5.74) is 6.15. The van der Waals surface area contributed by atoms with Crippen LogP contribution in [0, 0.1) is 0 Å². The molecule has 4 aliphatic heterocycles. The van der Waals surface area contributed by atoms with Gasteiger partial charge in [-0.05, 0) is 151 Å². The predicted molar refractivity (Wildman–Crippen MR) is 316 cm³/mol. The van der Waals surface area contributed by atoms with Gasteiger partial charge in [-0.15, -0.1) is 0 Å². The van der Waals surface area contributed by atoms with E-state index < -0.39 is 48.3 Å². The minimum Gasteiger partial charge on any atom is -0.363 e. The van der Waals surface area contributed by atoms with Crippen molar-refractivity contribution in [1.29, 1.82) is 0 Å². The molecule has 17 heteroatoms. The van der Waals surface area contributed by atoms with Crippen molar-refractivity contribution in [3.63, 3.8) is 0 Å². The third-order valence-electron chi connectivity index (χ3n) is 16.9. The van der Waals surface area contributed by atoms with Crippen LogP contribution in [0.4, 0.5) is 0 Å². The Morgan fingerprint density at radius 1 is 0.500 bits per heavy atom. The lowest BCUT2D eigenvalue weighted by atomic mass is 9.96. The second kappa shape index (κ2) is 29.2. The van der Waals surface area contributed by atoms with Gasteiger partial charge in [-0.1, -0.05) is 135 Å². The molecule has 8 rings (SSSR count). The second-order valence-corrected chi connectivity index (χ2v) is 22.7. The van der Waals surface area contributed by atoms with Gasteiger partial charge in [-0.25, -0.2) is 0 Å². The van der Waals surface area contributed by atoms with Gasteiger partial charge in [0.25, 0.3) is 0 Å². The first-order valence-electron chi connectivity index (χ1n) is 29.3. The van der Waals surface area contributed by atoms with Crippen molar-refractivity contribution in [2.24, 2.45) is 0 Å². The first-order chi connectivity index (χ1) is 38.8. The van der Waals surface area contributed by atoms with Crippen molar-refractivity contribution >= 4 is 52.8 Å². The Balaban J connectivity index is 0.790. The topological polar surface area (TPSA) is 205 Å². The molecule has 6 amide bonds.